The molecule has 0 bridgehead atoms. The Morgan fingerprint density at radius 1 is 1.28 bits per heavy atom. The van der Waals surface area contributed by atoms with Gasteiger partial charge in [0.05, 0.1) is 12.7 Å². The van der Waals surface area contributed by atoms with Crippen molar-refractivity contribution in [3.63, 3.8) is 0 Å². The molecule has 2 aromatic rings. The number of oxazole rings is 1. The van der Waals surface area contributed by atoms with Gasteiger partial charge < -0.3 is 9.73 Å². The molecule has 1 atom stereocenters. The van der Waals surface area contributed by atoms with E-state index in [0.29, 0.717) is 12.6 Å². The number of benzene rings is 1. The molecule has 96 valence electrons. The van der Waals surface area contributed by atoms with Crippen LogP contribution in [0.1, 0.15) is 30.6 Å². The molecule has 1 aromatic carbocycles. The summed E-state index contributed by atoms with van der Waals surface area (Å²) in [5.41, 5.74) is 1.36. The topological polar surface area (TPSA) is 38.1 Å². The highest BCUT2D eigenvalue weighted by molar-refractivity contribution is 5.15. The first kappa shape index (κ1) is 12.8. The average molecular weight is 244 g/mol. The van der Waals surface area contributed by atoms with Crippen LogP contribution in [-0.4, -0.2) is 11.0 Å². The first-order valence-electron chi connectivity index (χ1n) is 6.46. The van der Waals surface area contributed by atoms with Crippen molar-refractivity contribution >= 4 is 0 Å². The number of rotatable bonds is 6. The summed E-state index contributed by atoms with van der Waals surface area (Å²) >= 11 is 0. The number of aryl methyl sites for hydroxylation is 1. The zero-order valence-electron chi connectivity index (χ0n) is 11.0. The summed E-state index contributed by atoms with van der Waals surface area (Å²) in [5.74, 6) is 1.63. The largest absolute Gasteiger partial charge is 0.445 e. The van der Waals surface area contributed by atoms with Crippen LogP contribution in [0, 0.1) is 6.92 Å². The fraction of sp³-hybridized carbons (Fsp3) is 0.400. The maximum Gasteiger partial charge on any atom is 0.208 e. The van der Waals surface area contributed by atoms with Gasteiger partial charge in [0.2, 0.25) is 5.89 Å². The molecule has 3 heteroatoms. The Morgan fingerprint density at radius 2 is 2.06 bits per heavy atom. The molecule has 2 rings (SSSR count). The molecule has 0 saturated heterocycles. The molecule has 0 amide bonds. The molecule has 1 N–H and O–H groups in total. The van der Waals surface area contributed by atoms with Gasteiger partial charge >= 0.3 is 0 Å². The van der Waals surface area contributed by atoms with E-state index in [2.05, 4.69) is 41.5 Å². The van der Waals surface area contributed by atoms with Gasteiger partial charge in [-0.25, -0.2) is 4.98 Å². The van der Waals surface area contributed by atoms with Crippen LogP contribution in [0.15, 0.2) is 40.9 Å². The van der Waals surface area contributed by atoms with Crippen molar-refractivity contribution in [3.8, 4) is 0 Å². The van der Waals surface area contributed by atoms with Gasteiger partial charge in [-0.3, -0.25) is 0 Å². The summed E-state index contributed by atoms with van der Waals surface area (Å²) in [6.07, 6.45) is 3.89. The average Bonchev–Trinajstić information content (AvgIpc) is 2.81. The van der Waals surface area contributed by atoms with E-state index in [4.69, 9.17) is 4.42 Å². The van der Waals surface area contributed by atoms with Crippen molar-refractivity contribution in [2.24, 2.45) is 0 Å². The second-order valence-electron chi connectivity index (χ2n) is 4.54. The quantitative estimate of drug-likeness (QED) is 0.848. The Balaban J connectivity index is 1.86. The van der Waals surface area contributed by atoms with Crippen LogP contribution in [0.5, 0.6) is 0 Å². The van der Waals surface area contributed by atoms with Crippen LogP contribution in [0.25, 0.3) is 0 Å². The normalized spacial score (nSPS) is 12.6. The molecular formula is C15H20N2O. The lowest BCUT2D eigenvalue weighted by Gasteiger charge is -2.15. The molecule has 3 nitrogen and oxygen atoms in total. The summed E-state index contributed by atoms with van der Waals surface area (Å²) in [6.45, 7) is 4.80. The minimum Gasteiger partial charge on any atom is -0.445 e. The van der Waals surface area contributed by atoms with E-state index in [9.17, 15) is 0 Å². The zero-order chi connectivity index (χ0) is 12.8. The fourth-order valence-corrected chi connectivity index (χ4v) is 1.97. The molecule has 0 aliphatic carbocycles. The Kier molecular flexibility index (Phi) is 4.53. The van der Waals surface area contributed by atoms with Crippen LogP contribution in [0.2, 0.25) is 0 Å². The first-order valence-corrected chi connectivity index (χ1v) is 6.46. The molecule has 1 aromatic heterocycles. The van der Waals surface area contributed by atoms with Gasteiger partial charge in [0.15, 0.2) is 0 Å². The molecular weight excluding hydrogens is 224 g/mol. The van der Waals surface area contributed by atoms with E-state index in [0.717, 1.165) is 24.5 Å². The summed E-state index contributed by atoms with van der Waals surface area (Å²) in [4.78, 5) is 4.20. The molecule has 18 heavy (non-hydrogen) atoms. The lowest BCUT2D eigenvalue weighted by molar-refractivity contribution is 0.413. The highest BCUT2D eigenvalue weighted by Gasteiger charge is 2.08. The maximum atomic E-state index is 5.45. The molecule has 0 aliphatic rings. The number of aromatic nitrogens is 1. The second kappa shape index (κ2) is 6.36. The third kappa shape index (κ3) is 3.70. The van der Waals surface area contributed by atoms with E-state index < -0.39 is 0 Å². The van der Waals surface area contributed by atoms with Gasteiger partial charge in [-0.2, -0.15) is 0 Å². The van der Waals surface area contributed by atoms with Crippen LogP contribution < -0.4 is 5.32 Å². The van der Waals surface area contributed by atoms with Crippen molar-refractivity contribution in [2.75, 3.05) is 0 Å². The van der Waals surface area contributed by atoms with Crippen LogP contribution in [-0.2, 0) is 13.0 Å². The SMILES string of the molecule is CCC(Cc1ccccc1)NCc1ncc(C)o1. The van der Waals surface area contributed by atoms with Crippen LogP contribution in [0.3, 0.4) is 0 Å². The third-order valence-corrected chi connectivity index (χ3v) is 3.03. The molecule has 0 saturated carbocycles. The van der Waals surface area contributed by atoms with Crippen molar-refractivity contribution in [1.82, 2.24) is 10.3 Å². The number of nitrogens with one attached hydrogen (secondary N) is 1. The van der Waals surface area contributed by atoms with Gasteiger partial charge in [0.25, 0.3) is 0 Å². The summed E-state index contributed by atoms with van der Waals surface area (Å²) in [5, 5.41) is 3.49. The standard InChI is InChI=1S/C15H20N2O/c1-3-14(9-13-7-5-4-6-8-13)16-11-15-17-10-12(2)18-15/h4-8,10,14,16H,3,9,11H2,1-2H3. The maximum absolute atomic E-state index is 5.45. The predicted molar refractivity (Wildman–Crippen MR) is 72.3 cm³/mol. The van der Waals surface area contributed by atoms with Gasteiger partial charge in [0, 0.05) is 6.04 Å². The molecule has 0 radical (unpaired) electrons. The monoisotopic (exact) mass is 244 g/mol. The van der Waals surface area contributed by atoms with E-state index in [1.165, 1.54) is 5.56 Å². The molecule has 1 heterocycles. The Labute approximate surface area is 108 Å². The molecule has 0 fully saturated rings. The third-order valence-electron chi connectivity index (χ3n) is 3.03. The highest BCUT2D eigenvalue weighted by Crippen LogP contribution is 2.07. The minimum absolute atomic E-state index is 0.458. The fourth-order valence-electron chi connectivity index (χ4n) is 1.97. The minimum atomic E-state index is 0.458. The molecule has 0 spiro atoms. The smallest absolute Gasteiger partial charge is 0.208 e. The molecule has 0 aliphatic heterocycles. The number of nitrogens with zero attached hydrogens (tertiary/aromatic N) is 1. The van der Waals surface area contributed by atoms with Gasteiger partial charge in [-0.15, -0.1) is 0 Å². The summed E-state index contributed by atoms with van der Waals surface area (Å²) in [6, 6.07) is 11.0. The van der Waals surface area contributed by atoms with Gasteiger partial charge in [-0.05, 0) is 25.3 Å². The second-order valence-corrected chi connectivity index (χ2v) is 4.54. The van der Waals surface area contributed by atoms with E-state index >= 15 is 0 Å². The van der Waals surface area contributed by atoms with E-state index in [-0.39, 0.29) is 0 Å². The van der Waals surface area contributed by atoms with Crippen LogP contribution >= 0.6 is 0 Å². The molecule has 1 unspecified atom stereocenters. The number of hydrogen-bond acceptors (Lipinski definition) is 3. The lowest BCUT2D eigenvalue weighted by atomic mass is 10.0. The first-order chi connectivity index (χ1) is 8.78. The van der Waals surface area contributed by atoms with Crippen molar-refractivity contribution in [3.05, 3.63) is 53.7 Å². The predicted octanol–water partition coefficient (Wildman–Crippen LogP) is 3.09. The van der Waals surface area contributed by atoms with Crippen molar-refractivity contribution in [1.29, 1.82) is 0 Å². The summed E-state index contributed by atoms with van der Waals surface area (Å²) in [7, 11) is 0. The van der Waals surface area contributed by atoms with Gasteiger partial charge in [0.1, 0.15) is 5.76 Å². The number of hydrogen-bond donors (Lipinski definition) is 1. The van der Waals surface area contributed by atoms with Crippen molar-refractivity contribution in [2.45, 2.75) is 39.3 Å². The Morgan fingerprint density at radius 3 is 2.67 bits per heavy atom. The van der Waals surface area contributed by atoms with Crippen molar-refractivity contribution < 1.29 is 4.42 Å². The zero-order valence-corrected chi connectivity index (χ0v) is 11.0. The van der Waals surface area contributed by atoms with Crippen LogP contribution in [0.4, 0.5) is 0 Å². The van der Waals surface area contributed by atoms with E-state index in [1.807, 2.05) is 13.0 Å². The Bertz CT molecular complexity index is 464. The Hall–Kier alpha value is -1.61. The van der Waals surface area contributed by atoms with E-state index in [1.54, 1.807) is 6.20 Å². The van der Waals surface area contributed by atoms with Gasteiger partial charge in [-0.1, -0.05) is 37.3 Å². The lowest BCUT2D eigenvalue weighted by Crippen LogP contribution is -2.30. The highest BCUT2D eigenvalue weighted by atomic mass is 16.4. The summed E-state index contributed by atoms with van der Waals surface area (Å²) < 4.78 is 5.45.